The molecule has 20 heavy (non-hydrogen) atoms. The molecule has 0 saturated heterocycles. The van der Waals surface area contributed by atoms with Gasteiger partial charge in [-0.3, -0.25) is 4.99 Å². The Bertz CT molecular complexity index is 520. The number of anilines is 1. The van der Waals surface area contributed by atoms with Gasteiger partial charge in [-0.25, -0.2) is 0 Å². The second-order valence-electron chi connectivity index (χ2n) is 4.86. The summed E-state index contributed by atoms with van der Waals surface area (Å²) in [7, 11) is 3.20. The Balaban J connectivity index is 2.16. The summed E-state index contributed by atoms with van der Waals surface area (Å²) in [5.74, 6) is 1.88. The third kappa shape index (κ3) is 3.33. The highest BCUT2D eigenvalue weighted by molar-refractivity contribution is 8.15. The van der Waals surface area contributed by atoms with E-state index in [2.05, 4.69) is 24.2 Å². The van der Waals surface area contributed by atoms with Crippen LogP contribution in [0, 0.1) is 5.92 Å². The molecule has 0 bridgehead atoms. The first-order valence-corrected chi connectivity index (χ1v) is 7.70. The molecule has 2 rings (SSSR count). The number of hydrogen-bond donors (Lipinski definition) is 1. The van der Waals surface area contributed by atoms with Gasteiger partial charge in [-0.2, -0.15) is 0 Å². The van der Waals surface area contributed by atoms with Crippen molar-refractivity contribution in [2.75, 3.05) is 26.1 Å². The normalized spacial score (nSPS) is 18.1. The van der Waals surface area contributed by atoms with Gasteiger partial charge in [0.25, 0.3) is 0 Å². The van der Waals surface area contributed by atoms with Crippen molar-refractivity contribution in [1.29, 1.82) is 0 Å². The molecule has 4 nitrogen and oxygen atoms in total. The average molecular weight is 315 g/mol. The molecule has 0 saturated carbocycles. The largest absolute Gasteiger partial charge is 0.495 e. The van der Waals surface area contributed by atoms with Crippen molar-refractivity contribution in [1.82, 2.24) is 0 Å². The molecule has 1 atom stereocenters. The van der Waals surface area contributed by atoms with E-state index in [0.717, 1.165) is 17.4 Å². The molecular weight excluding hydrogens is 296 g/mol. The molecule has 1 unspecified atom stereocenters. The van der Waals surface area contributed by atoms with Crippen molar-refractivity contribution < 1.29 is 9.47 Å². The van der Waals surface area contributed by atoms with Crippen molar-refractivity contribution in [2.45, 2.75) is 19.1 Å². The number of ether oxygens (including phenoxy) is 2. The summed E-state index contributed by atoms with van der Waals surface area (Å²) in [4.78, 5) is 4.52. The van der Waals surface area contributed by atoms with E-state index >= 15 is 0 Å². The minimum absolute atomic E-state index is 0.525. The van der Waals surface area contributed by atoms with Crippen molar-refractivity contribution in [3.05, 3.63) is 17.2 Å². The van der Waals surface area contributed by atoms with E-state index in [9.17, 15) is 0 Å². The lowest BCUT2D eigenvalue weighted by atomic mass is 10.1. The summed E-state index contributed by atoms with van der Waals surface area (Å²) >= 11 is 7.91. The maximum absolute atomic E-state index is 6.16. The van der Waals surface area contributed by atoms with Crippen LogP contribution in [-0.4, -0.2) is 31.2 Å². The number of aliphatic imine (C=N–C) groups is 1. The number of amidine groups is 1. The molecule has 1 aromatic carbocycles. The molecule has 0 fully saturated rings. The first kappa shape index (κ1) is 15.3. The minimum atomic E-state index is 0.525. The van der Waals surface area contributed by atoms with Gasteiger partial charge >= 0.3 is 0 Å². The molecule has 1 aliphatic heterocycles. The molecule has 1 N–H and O–H groups in total. The van der Waals surface area contributed by atoms with Gasteiger partial charge in [-0.1, -0.05) is 37.2 Å². The van der Waals surface area contributed by atoms with E-state index in [1.165, 1.54) is 0 Å². The highest BCUT2D eigenvalue weighted by atomic mass is 35.5. The smallest absolute Gasteiger partial charge is 0.161 e. The van der Waals surface area contributed by atoms with Crippen LogP contribution in [0.1, 0.15) is 13.8 Å². The van der Waals surface area contributed by atoms with E-state index in [1.807, 2.05) is 0 Å². The van der Waals surface area contributed by atoms with Crippen molar-refractivity contribution in [3.8, 4) is 11.5 Å². The van der Waals surface area contributed by atoms with Crippen LogP contribution in [0.5, 0.6) is 11.5 Å². The SMILES string of the molecule is COc1cc(OC)c(NC2=NCC(C(C)C)S2)cc1Cl. The number of nitrogens with one attached hydrogen (secondary N) is 1. The molecule has 1 heterocycles. The second kappa shape index (κ2) is 6.59. The van der Waals surface area contributed by atoms with E-state index in [4.69, 9.17) is 21.1 Å². The lowest BCUT2D eigenvalue weighted by Gasteiger charge is -2.15. The van der Waals surface area contributed by atoms with Gasteiger partial charge in [0.15, 0.2) is 5.17 Å². The quantitative estimate of drug-likeness (QED) is 0.915. The number of methoxy groups -OCH3 is 2. The monoisotopic (exact) mass is 314 g/mol. The fraction of sp³-hybridized carbons (Fsp3) is 0.500. The van der Waals surface area contributed by atoms with Crippen LogP contribution >= 0.6 is 23.4 Å². The zero-order valence-electron chi connectivity index (χ0n) is 12.1. The molecule has 1 aromatic rings. The standard InChI is InChI=1S/C14H19ClN2O2S/c1-8(2)13-7-16-14(20-13)17-10-5-9(15)11(18-3)6-12(10)19-4/h5-6,8,13H,7H2,1-4H3,(H,16,17). The van der Waals surface area contributed by atoms with Gasteiger partial charge in [0, 0.05) is 11.3 Å². The van der Waals surface area contributed by atoms with E-state index in [1.54, 1.807) is 38.1 Å². The molecule has 1 aliphatic rings. The van der Waals surface area contributed by atoms with Gasteiger partial charge in [-0.05, 0) is 12.0 Å². The Morgan fingerprint density at radius 1 is 1.30 bits per heavy atom. The third-order valence-electron chi connectivity index (χ3n) is 3.14. The van der Waals surface area contributed by atoms with Crippen LogP contribution < -0.4 is 14.8 Å². The fourth-order valence-corrected chi connectivity index (χ4v) is 3.15. The second-order valence-corrected chi connectivity index (χ2v) is 6.49. The van der Waals surface area contributed by atoms with E-state index < -0.39 is 0 Å². The Morgan fingerprint density at radius 3 is 2.55 bits per heavy atom. The minimum Gasteiger partial charge on any atom is -0.495 e. The van der Waals surface area contributed by atoms with E-state index in [0.29, 0.717) is 27.7 Å². The first-order chi connectivity index (χ1) is 9.55. The van der Waals surface area contributed by atoms with Gasteiger partial charge < -0.3 is 14.8 Å². The van der Waals surface area contributed by atoms with Gasteiger partial charge in [0.05, 0.1) is 31.5 Å². The molecule has 6 heteroatoms. The van der Waals surface area contributed by atoms with Crippen LogP contribution in [-0.2, 0) is 0 Å². The summed E-state index contributed by atoms with van der Waals surface area (Å²) in [6.45, 7) is 5.26. The lowest BCUT2D eigenvalue weighted by Crippen LogP contribution is -2.13. The van der Waals surface area contributed by atoms with Crippen molar-refractivity contribution in [2.24, 2.45) is 10.9 Å². The topological polar surface area (TPSA) is 42.9 Å². The Morgan fingerprint density at radius 2 is 2.00 bits per heavy atom. The maximum Gasteiger partial charge on any atom is 0.161 e. The molecule has 110 valence electrons. The number of halogens is 1. The van der Waals surface area contributed by atoms with Crippen LogP contribution in [0.15, 0.2) is 17.1 Å². The van der Waals surface area contributed by atoms with E-state index in [-0.39, 0.29) is 0 Å². The zero-order valence-corrected chi connectivity index (χ0v) is 13.6. The Labute approximate surface area is 128 Å². The predicted octanol–water partition coefficient (Wildman–Crippen LogP) is 3.90. The number of hydrogen-bond acceptors (Lipinski definition) is 5. The van der Waals surface area contributed by atoms with Crippen molar-refractivity contribution >= 4 is 34.2 Å². The maximum atomic E-state index is 6.16. The highest BCUT2D eigenvalue weighted by Gasteiger charge is 2.23. The summed E-state index contributed by atoms with van der Waals surface area (Å²) in [5, 5.41) is 5.26. The fourth-order valence-electron chi connectivity index (χ4n) is 1.88. The summed E-state index contributed by atoms with van der Waals surface area (Å²) in [5.41, 5.74) is 0.800. The number of thioether (sulfide) groups is 1. The molecule has 0 spiro atoms. The van der Waals surface area contributed by atoms with Crippen LogP contribution in [0.25, 0.3) is 0 Å². The Hall–Kier alpha value is -1.07. The lowest BCUT2D eigenvalue weighted by molar-refractivity contribution is 0.396. The highest BCUT2D eigenvalue weighted by Crippen LogP contribution is 2.37. The first-order valence-electron chi connectivity index (χ1n) is 6.44. The number of rotatable bonds is 4. The number of nitrogens with zero attached hydrogens (tertiary/aromatic N) is 1. The van der Waals surface area contributed by atoms with Gasteiger partial charge in [0.2, 0.25) is 0 Å². The zero-order chi connectivity index (χ0) is 14.7. The van der Waals surface area contributed by atoms with Crippen molar-refractivity contribution in [3.63, 3.8) is 0 Å². The average Bonchev–Trinajstić information content (AvgIpc) is 2.88. The Kier molecular flexibility index (Phi) is 5.05. The number of benzene rings is 1. The summed E-state index contributed by atoms with van der Waals surface area (Å²) in [6.07, 6.45) is 0. The summed E-state index contributed by atoms with van der Waals surface area (Å²) in [6, 6.07) is 3.57. The van der Waals surface area contributed by atoms with Crippen LogP contribution in [0.4, 0.5) is 5.69 Å². The molecular formula is C14H19ClN2O2S. The van der Waals surface area contributed by atoms with Crippen LogP contribution in [0.3, 0.4) is 0 Å². The van der Waals surface area contributed by atoms with Gasteiger partial charge in [-0.15, -0.1) is 0 Å². The van der Waals surface area contributed by atoms with Gasteiger partial charge in [0.1, 0.15) is 11.5 Å². The van der Waals surface area contributed by atoms with Crippen LogP contribution in [0.2, 0.25) is 5.02 Å². The molecule has 0 aromatic heterocycles. The summed E-state index contributed by atoms with van der Waals surface area (Å²) < 4.78 is 10.5. The molecule has 0 aliphatic carbocycles. The predicted molar refractivity (Wildman–Crippen MR) is 86.7 cm³/mol. The molecule has 0 amide bonds. The third-order valence-corrected chi connectivity index (χ3v) is 4.88. The molecule has 0 radical (unpaired) electrons.